The highest BCUT2D eigenvalue weighted by atomic mass is 32.2. The summed E-state index contributed by atoms with van der Waals surface area (Å²) in [5.41, 5.74) is -2.87. The fourth-order valence-electron chi connectivity index (χ4n) is 2.39. The van der Waals surface area contributed by atoms with Gasteiger partial charge in [-0.15, -0.1) is 0 Å². The number of hydrogen-bond acceptors (Lipinski definition) is 3. The van der Waals surface area contributed by atoms with Crippen molar-refractivity contribution >= 4 is 10.0 Å². The molecule has 4 nitrogen and oxygen atoms in total. The van der Waals surface area contributed by atoms with Crippen molar-refractivity contribution < 1.29 is 26.7 Å². The molecule has 0 bridgehead atoms. The average Bonchev–Trinajstić information content (AvgIpc) is 2.59. The van der Waals surface area contributed by atoms with Gasteiger partial charge in [-0.05, 0) is 29.2 Å². The Morgan fingerprint density at radius 1 is 1.00 bits per heavy atom. The third-order valence-corrected chi connectivity index (χ3v) is 5.51. The second-order valence-electron chi connectivity index (χ2n) is 6.27. The monoisotopic (exact) mass is 387 g/mol. The quantitative estimate of drug-likeness (QED) is 0.797. The van der Waals surface area contributed by atoms with Gasteiger partial charge in [0.15, 0.2) is 5.60 Å². The minimum atomic E-state index is -5.06. The van der Waals surface area contributed by atoms with Crippen molar-refractivity contribution in [1.82, 2.24) is 4.72 Å². The topological polar surface area (TPSA) is 66.4 Å². The molecule has 0 aliphatic carbocycles. The Morgan fingerprint density at radius 3 is 2.00 bits per heavy atom. The molecule has 0 saturated heterocycles. The third kappa shape index (κ3) is 4.25. The van der Waals surface area contributed by atoms with Gasteiger partial charge < -0.3 is 5.11 Å². The number of sulfonamides is 1. The Morgan fingerprint density at radius 2 is 1.54 bits per heavy atom. The first kappa shape index (κ1) is 20.4. The molecular formula is C18H20F3NO3S. The predicted molar refractivity (Wildman–Crippen MR) is 92.1 cm³/mol. The van der Waals surface area contributed by atoms with Gasteiger partial charge in [0.1, 0.15) is 0 Å². The maximum atomic E-state index is 13.4. The molecule has 26 heavy (non-hydrogen) atoms. The first-order valence-corrected chi connectivity index (χ1v) is 9.40. The number of rotatable bonds is 6. The van der Waals surface area contributed by atoms with Crippen LogP contribution in [0.3, 0.4) is 0 Å². The van der Waals surface area contributed by atoms with E-state index < -0.39 is 33.9 Å². The first-order valence-electron chi connectivity index (χ1n) is 7.91. The molecule has 2 N–H and O–H groups in total. The minimum absolute atomic E-state index is 0.167. The van der Waals surface area contributed by atoms with Crippen LogP contribution in [0.4, 0.5) is 13.2 Å². The second-order valence-corrected chi connectivity index (χ2v) is 8.04. The van der Waals surface area contributed by atoms with Crippen LogP contribution in [0.15, 0.2) is 59.5 Å². The summed E-state index contributed by atoms with van der Waals surface area (Å²) in [5, 5.41) is 10.2. The average molecular weight is 387 g/mol. The van der Waals surface area contributed by atoms with Crippen molar-refractivity contribution in [2.45, 2.75) is 36.4 Å². The Bertz CT molecular complexity index is 834. The molecular weight excluding hydrogens is 367 g/mol. The number of hydrogen-bond donors (Lipinski definition) is 2. The Kier molecular flexibility index (Phi) is 5.79. The highest BCUT2D eigenvalue weighted by Crippen LogP contribution is 2.38. The van der Waals surface area contributed by atoms with Crippen molar-refractivity contribution in [3.8, 4) is 0 Å². The zero-order valence-corrected chi connectivity index (χ0v) is 15.1. The predicted octanol–water partition coefficient (Wildman–Crippen LogP) is 3.54. The van der Waals surface area contributed by atoms with E-state index in [0.29, 0.717) is 0 Å². The molecule has 0 radical (unpaired) electrons. The van der Waals surface area contributed by atoms with E-state index in [1.807, 2.05) is 18.6 Å². The van der Waals surface area contributed by atoms with Gasteiger partial charge in [-0.3, -0.25) is 0 Å². The van der Waals surface area contributed by atoms with Crippen LogP contribution in [0.2, 0.25) is 0 Å². The van der Waals surface area contributed by atoms with Gasteiger partial charge in [0.25, 0.3) is 0 Å². The Hall–Kier alpha value is -1.90. The second kappa shape index (κ2) is 7.38. The molecule has 0 aromatic heterocycles. The van der Waals surface area contributed by atoms with Gasteiger partial charge in [-0.1, -0.05) is 56.3 Å². The van der Waals surface area contributed by atoms with E-state index >= 15 is 0 Å². The van der Waals surface area contributed by atoms with Gasteiger partial charge in [0.2, 0.25) is 10.0 Å². The van der Waals surface area contributed by atoms with Crippen LogP contribution >= 0.6 is 0 Å². The lowest BCUT2D eigenvalue weighted by Crippen LogP contribution is -2.51. The molecule has 2 aromatic rings. The zero-order chi connectivity index (χ0) is 19.6. The number of alkyl halides is 3. The highest BCUT2D eigenvalue weighted by Gasteiger charge is 2.55. The summed E-state index contributed by atoms with van der Waals surface area (Å²) in [4.78, 5) is -0.167. The molecule has 8 heteroatoms. The summed E-state index contributed by atoms with van der Waals surface area (Å²) in [7, 11) is -4.21. The van der Waals surface area contributed by atoms with Crippen LogP contribution in [0.25, 0.3) is 0 Å². The normalized spacial score (nSPS) is 15.0. The van der Waals surface area contributed by atoms with Crippen LogP contribution in [-0.4, -0.2) is 26.2 Å². The van der Waals surface area contributed by atoms with Gasteiger partial charge in [0.05, 0.1) is 11.4 Å². The minimum Gasteiger partial charge on any atom is -0.375 e. The van der Waals surface area contributed by atoms with Crippen molar-refractivity contribution in [3.05, 3.63) is 65.7 Å². The smallest absolute Gasteiger partial charge is 0.375 e. The summed E-state index contributed by atoms with van der Waals surface area (Å²) < 4.78 is 66.8. The van der Waals surface area contributed by atoms with E-state index in [9.17, 15) is 26.7 Å². The maximum absolute atomic E-state index is 13.4. The molecule has 142 valence electrons. The lowest BCUT2D eigenvalue weighted by atomic mass is 9.93. The number of aliphatic hydroxyl groups is 1. The first-order chi connectivity index (χ1) is 12.0. The Labute approximate surface area is 150 Å². The van der Waals surface area contributed by atoms with Crippen molar-refractivity contribution in [2.24, 2.45) is 0 Å². The van der Waals surface area contributed by atoms with Crippen molar-refractivity contribution in [1.29, 1.82) is 0 Å². The molecule has 1 unspecified atom stereocenters. The Balaban J connectivity index is 2.28. The SMILES string of the molecule is CC(C)c1ccc(S(=O)(=O)NCC(O)(c2ccccc2)C(F)(F)F)cc1. The summed E-state index contributed by atoms with van der Waals surface area (Å²) in [6, 6.07) is 12.2. The number of halogens is 3. The zero-order valence-electron chi connectivity index (χ0n) is 14.3. The summed E-state index contributed by atoms with van der Waals surface area (Å²) >= 11 is 0. The van der Waals surface area contributed by atoms with Crippen LogP contribution in [0.5, 0.6) is 0 Å². The number of nitrogens with one attached hydrogen (secondary N) is 1. The van der Waals surface area contributed by atoms with E-state index in [1.165, 1.54) is 30.3 Å². The maximum Gasteiger partial charge on any atom is 0.422 e. The van der Waals surface area contributed by atoms with E-state index in [2.05, 4.69) is 0 Å². The lowest BCUT2D eigenvalue weighted by Gasteiger charge is -2.31. The van der Waals surface area contributed by atoms with E-state index in [-0.39, 0.29) is 10.8 Å². The highest BCUT2D eigenvalue weighted by molar-refractivity contribution is 7.89. The van der Waals surface area contributed by atoms with Crippen molar-refractivity contribution in [3.63, 3.8) is 0 Å². The fourth-order valence-corrected chi connectivity index (χ4v) is 3.45. The molecule has 0 aliphatic rings. The lowest BCUT2D eigenvalue weighted by molar-refractivity contribution is -0.263. The molecule has 2 aromatic carbocycles. The third-order valence-electron chi connectivity index (χ3n) is 4.10. The van der Waals surface area contributed by atoms with Crippen LogP contribution < -0.4 is 4.72 Å². The summed E-state index contributed by atoms with van der Waals surface area (Å²) in [5.74, 6) is 0.188. The van der Waals surface area contributed by atoms with Crippen LogP contribution in [0, 0.1) is 0 Å². The van der Waals surface area contributed by atoms with Crippen molar-refractivity contribution in [2.75, 3.05) is 6.54 Å². The van der Waals surface area contributed by atoms with Gasteiger partial charge >= 0.3 is 6.18 Å². The molecule has 0 fully saturated rings. The van der Waals surface area contributed by atoms with Gasteiger partial charge in [-0.25, -0.2) is 13.1 Å². The van der Waals surface area contributed by atoms with E-state index in [0.717, 1.165) is 17.7 Å². The molecule has 0 amide bonds. The molecule has 0 spiro atoms. The van der Waals surface area contributed by atoms with E-state index in [4.69, 9.17) is 0 Å². The number of benzene rings is 2. The molecule has 1 atom stereocenters. The summed E-state index contributed by atoms with van der Waals surface area (Å²) in [6.45, 7) is 2.64. The van der Waals surface area contributed by atoms with Gasteiger partial charge in [0, 0.05) is 0 Å². The summed E-state index contributed by atoms with van der Waals surface area (Å²) in [6.07, 6.45) is -5.06. The molecule has 0 aliphatic heterocycles. The van der Waals surface area contributed by atoms with E-state index in [1.54, 1.807) is 12.1 Å². The fraction of sp³-hybridized carbons (Fsp3) is 0.333. The van der Waals surface area contributed by atoms with Gasteiger partial charge in [-0.2, -0.15) is 13.2 Å². The molecule has 0 saturated carbocycles. The van der Waals surface area contributed by atoms with Crippen LogP contribution in [-0.2, 0) is 15.6 Å². The standard InChI is InChI=1S/C18H20F3NO3S/c1-13(2)14-8-10-16(11-9-14)26(24,25)22-12-17(23,18(19,20)21)15-6-4-3-5-7-15/h3-11,13,22-23H,12H2,1-2H3. The molecule has 2 rings (SSSR count). The van der Waals surface area contributed by atoms with Crippen LogP contribution in [0.1, 0.15) is 30.9 Å². The largest absolute Gasteiger partial charge is 0.422 e. The molecule has 0 heterocycles.